The van der Waals surface area contributed by atoms with Crippen LogP contribution >= 0.6 is 34.2 Å². The van der Waals surface area contributed by atoms with E-state index in [2.05, 4.69) is 33.8 Å². The number of benzene rings is 1. The first kappa shape index (κ1) is 13.3. The molecule has 1 unspecified atom stereocenters. The third kappa shape index (κ3) is 3.39. The number of hydrogen-bond donors (Lipinski definition) is 1. The monoisotopic (exact) mass is 347 g/mol. The van der Waals surface area contributed by atoms with Crippen LogP contribution in [0.15, 0.2) is 18.2 Å². The van der Waals surface area contributed by atoms with Crippen LogP contribution < -0.4 is 5.32 Å². The fraction of sp³-hybridized carbons (Fsp3) is 0.250. The maximum absolute atomic E-state index is 11.8. The van der Waals surface area contributed by atoms with Crippen LogP contribution in [-0.4, -0.2) is 11.9 Å². The van der Waals surface area contributed by atoms with Crippen LogP contribution in [0.5, 0.6) is 0 Å². The molecule has 0 saturated heterocycles. The Hall–Kier alpha value is -0.730. The summed E-state index contributed by atoms with van der Waals surface area (Å²) in [6.07, 6.45) is 5.98. The van der Waals surface area contributed by atoms with E-state index in [1.807, 2.05) is 6.92 Å². The van der Waals surface area contributed by atoms with E-state index < -0.39 is 0 Å². The average molecular weight is 348 g/mol. The van der Waals surface area contributed by atoms with Gasteiger partial charge in [-0.3, -0.25) is 4.79 Å². The van der Waals surface area contributed by atoms with E-state index in [1.165, 1.54) is 0 Å². The van der Waals surface area contributed by atoms with Crippen molar-refractivity contribution in [1.29, 1.82) is 0 Å². The molecule has 0 heterocycles. The molecule has 0 radical (unpaired) electrons. The summed E-state index contributed by atoms with van der Waals surface area (Å²) in [6, 6.07) is 4.94. The Balaban J connectivity index is 2.81. The minimum Gasteiger partial charge on any atom is -0.338 e. The Morgan fingerprint density at radius 1 is 1.69 bits per heavy atom. The summed E-state index contributed by atoms with van der Waals surface area (Å²) in [4.78, 5) is 11.8. The number of nitrogens with one attached hydrogen (secondary N) is 1. The molecule has 0 bridgehead atoms. The molecular formula is C12H11ClINO. The number of amides is 1. The molecule has 0 aliphatic rings. The van der Waals surface area contributed by atoms with Crippen molar-refractivity contribution in [3.8, 4) is 12.3 Å². The van der Waals surface area contributed by atoms with Gasteiger partial charge in [-0.2, -0.15) is 0 Å². The quantitative estimate of drug-likeness (QED) is 0.661. The Morgan fingerprint density at radius 2 is 2.38 bits per heavy atom. The van der Waals surface area contributed by atoms with Crippen molar-refractivity contribution in [3.05, 3.63) is 32.4 Å². The first-order valence-corrected chi connectivity index (χ1v) is 6.26. The number of hydrogen-bond acceptors (Lipinski definition) is 1. The minimum atomic E-state index is -0.231. The fourth-order valence-electron chi connectivity index (χ4n) is 1.14. The fourth-order valence-corrected chi connectivity index (χ4v) is 1.66. The summed E-state index contributed by atoms with van der Waals surface area (Å²) < 4.78 is 0.916. The van der Waals surface area contributed by atoms with Gasteiger partial charge in [0.25, 0.3) is 5.91 Å². The maximum Gasteiger partial charge on any atom is 0.252 e. The second-order valence-corrected chi connectivity index (χ2v) is 4.80. The molecule has 1 rings (SSSR count). The van der Waals surface area contributed by atoms with E-state index in [9.17, 15) is 4.79 Å². The Kier molecular flexibility index (Phi) is 5.10. The van der Waals surface area contributed by atoms with Crippen LogP contribution in [0.1, 0.15) is 23.7 Å². The van der Waals surface area contributed by atoms with Crippen LogP contribution in [0.25, 0.3) is 0 Å². The number of rotatable bonds is 3. The number of halogens is 2. The standard InChI is InChI=1S/C12H11ClINO/c1-3-9(4-2)15-12(16)8-5-6-11(14)10(13)7-8/h1,5-7,9H,4H2,2H3,(H,15,16). The third-order valence-electron chi connectivity index (χ3n) is 2.10. The summed E-state index contributed by atoms with van der Waals surface area (Å²) >= 11 is 8.04. The first-order valence-electron chi connectivity index (χ1n) is 4.80. The van der Waals surface area contributed by atoms with Gasteiger partial charge in [-0.05, 0) is 47.2 Å². The Bertz CT molecular complexity index is 439. The van der Waals surface area contributed by atoms with Crippen molar-refractivity contribution in [2.24, 2.45) is 0 Å². The second kappa shape index (κ2) is 6.12. The summed E-state index contributed by atoms with van der Waals surface area (Å²) in [5.74, 6) is 2.32. The zero-order valence-corrected chi connectivity index (χ0v) is 11.7. The molecule has 1 amide bonds. The van der Waals surface area contributed by atoms with E-state index in [4.69, 9.17) is 18.0 Å². The normalized spacial score (nSPS) is 11.6. The summed E-state index contributed by atoms with van der Waals surface area (Å²) in [6.45, 7) is 1.92. The summed E-state index contributed by atoms with van der Waals surface area (Å²) in [5, 5.41) is 3.31. The largest absolute Gasteiger partial charge is 0.338 e. The highest BCUT2D eigenvalue weighted by molar-refractivity contribution is 14.1. The van der Waals surface area contributed by atoms with Crippen LogP contribution in [0.4, 0.5) is 0 Å². The van der Waals surface area contributed by atoms with Crippen LogP contribution in [0, 0.1) is 15.9 Å². The molecule has 1 aromatic carbocycles. The maximum atomic E-state index is 11.8. The third-order valence-corrected chi connectivity index (χ3v) is 3.67. The molecule has 2 nitrogen and oxygen atoms in total. The molecule has 0 saturated carbocycles. The summed E-state index contributed by atoms with van der Waals surface area (Å²) in [5.41, 5.74) is 0.527. The molecule has 1 aromatic rings. The highest BCUT2D eigenvalue weighted by Gasteiger charge is 2.10. The van der Waals surface area contributed by atoms with Crippen molar-refractivity contribution >= 4 is 40.1 Å². The highest BCUT2D eigenvalue weighted by Crippen LogP contribution is 2.19. The lowest BCUT2D eigenvalue weighted by Gasteiger charge is -2.10. The van der Waals surface area contributed by atoms with Gasteiger partial charge in [0.05, 0.1) is 11.1 Å². The van der Waals surface area contributed by atoms with Gasteiger partial charge in [-0.25, -0.2) is 0 Å². The van der Waals surface area contributed by atoms with Crippen molar-refractivity contribution in [1.82, 2.24) is 5.32 Å². The number of carbonyl (C=O) groups excluding carboxylic acids is 1. The first-order chi connectivity index (χ1) is 7.58. The van der Waals surface area contributed by atoms with E-state index in [0.717, 1.165) is 3.57 Å². The van der Waals surface area contributed by atoms with E-state index in [0.29, 0.717) is 17.0 Å². The molecule has 0 aromatic heterocycles. The van der Waals surface area contributed by atoms with Crippen LogP contribution in [0.3, 0.4) is 0 Å². The van der Waals surface area contributed by atoms with Gasteiger partial charge in [0.1, 0.15) is 0 Å². The van der Waals surface area contributed by atoms with Gasteiger partial charge in [0.15, 0.2) is 0 Å². The molecule has 0 fully saturated rings. The Labute approximate surface area is 114 Å². The second-order valence-electron chi connectivity index (χ2n) is 3.23. The highest BCUT2D eigenvalue weighted by atomic mass is 127. The zero-order chi connectivity index (χ0) is 12.1. The summed E-state index contributed by atoms with van der Waals surface area (Å²) in [7, 11) is 0. The average Bonchev–Trinajstić information content (AvgIpc) is 2.29. The number of terminal acetylenes is 1. The Morgan fingerprint density at radius 3 is 2.88 bits per heavy atom. The van der Waals surface area contributed by atoms with E-state index in [1.54, 1.807) is 18.2 Å². The molecule has 0 aliphatic carbocycles. The van der Waals surface area contributed by atoms with Gasteiger partial charge >= 0.3 is 0 Å². The van der Waals surface area contributed by atoms with Gasteiger partial charge < -0.3 is 5.32 Å². The lowest BCUT2D eigenvalue weighted by molar-refractivity contribution is 0.0945. The molecule has 0 aliphatic heterocycles. The lowest BCUT2D eigenvalue weighted by Crippen LogP contribution is -2.33. The van der Waals surface area contributed by atoms with Gasteiger partial charge in [-0.15, -0.1) is 6.42 Å². The zero-order valence-electron chi connectivity index (χ0n) is 8.76. The van der Waals surface area contributed by atoms with Gasteiger partial charge in [-0.1, -0.05) is 24.4 Å². The molecule has 84 valence electrons. The van der Waals surface area contributed by atoms with Gasteiger partial charge in [0, 0.05) is 9.13 Å². The lowest BCUT2D eigenvalue weighted by atomic mass is 10.2. The molecule has 4 heteroatoms. The van der Waals surface area contributed by atoms with E-state index in [-0.39, 0.29) is 11.9 Å². The number of carbonyl (C=O) groups is 1. The predicted molar refractivity (Wildman–Crippen MR) is 74.5 cm³/mol. The van der Waals surface area contributed by atoms with Crippen LogP contribution in [0.2, 0.25) is 5.02 Å². The van der Waals surface area contributed by atoms with Crippen LogP contribution in [-0.2, 0) is 0 Å². The van der Waals surface area contributed by atoms with Crippen molar-refractivity contribution in [2.75, 3.05) is 0 Å². The van der Waals surface area contributed by atoms with E-state index >= 15 is 0 Å². The molecule has 1 N–H and O–H groups in total. The minimum absolute atomic E-state index is 0.192. The topological polar surface area (TPSA) is 29.1 Å². The molecular weight excluding hydrogens is 336 g/mol. The van der Waals surface area contributed by atoms with Crippen molar-refractivity contribution < 1.29 is 4.79 Å². The molecule has 1 atom stereocenters. The van der Waals surface area contributed by atoms with Gasteiger partial charge in [0.2, 0.25) is 0 Å². The molecule has 0 spiro atoms. The van der Waals surface area contributed by atoms with Crippen molar-refractivity contribution in [2.45, 2.75) is 19.4 Å². The van der Waals surface area contributed by atoms with Crippen molar-refractivity contribution in [3.63, 3.8) is 0 Å². The molecule has 16 heavy (non-hydrogen) atoms. The smallest absolute Gasteiger partial charge is 0.252 e. The predicted octanol–water partition coefficient (Wildman–Crippen LogP) is 3.09. The SMILES string of the molecule is C#CC(CC)NC(=O)c1ccc(I)c(Cl)c1.